The van der Waals surface area contributed by atoms with E-state index in [1.165, 1.54) is 0 Å². The van der Waals surface area contributed by atoms with Crippen LogP contribution < -0.4 is 10.8 Å². The van der Waals surface area contributed by atoms with E-state index in [0.717, 1.165) is 0 Å². The summed E-state index contributed by atoms with van der Waals surface area (Å²) in [4.78, 5) is 19.7. The summed E-state index contributed by atoms with van der Waals surface area (Å²) < 4.78 is 10.2. The zero-order valence-electron chi connectivity index (χ0n) is 5.95. The number of hydrogen-bond donors (Lipinski definition) is 6. The first-order valence-electron chi connectivity index (χ1n) is 2.81. The minimum absolute atomic E-state index is 0.446. The molecule has 12 heavy (non-hydrogen) atoms. The summed E-state index contributed by atoms with van der Waals surface area (Å²) in [7, 11) is -4.45. The molecular weight excluding hydrogens is 189 g/mol. The van der Waals surface area contributed by atoms with Gasteiger partial charge in [0.15, 0.2) is 12.2 Å². The molecule has 0 aromatic heterocycles. The third-order valence-corrected chi connectivity index (χ3v) is 1.21. The molecule has 7 N–H and O–H groups in total. The zero-order valence-corrected chi connectivity index (χ0v) is 6.85. The van der Waals surface area contributed by atoms with Gasteiger partial charge in [-0.2, -0.15) is 0 Å². The van der Waals surface area contributed by atoms with Crippen molar-refractivity contribution in [3.8, 4) is 0 Å². The van der Waals surface area contributed by atoms with E-state index in [1.807, 2.05) is 0 Å². The van der Waals surface area contributed by atoms with Gasteiger partial charge in [-0.25, -0.2) is 9.56 Å². The molecule has 0 fully saturated rings. The Balaban J connectivity index is 3.95. The van der Waals surface area contributed by atoms with Crippen LogP contribution in [0.4, 0.5) is 0 Å². The van der Waals surface area contributed by atoms with Gasteiger partial charge in [0.25, 0.3) is 0 Å². The monoisotopic (exact) mass is 199 g/mol. The predicted octanol–water partition coefficient (Wildman–Crippen LogP) is -2.71. The largest absolute Gasteiger partial charge is 0.429 e. The van der Waals surface area contributed by atoms with Crippen LogP contribution in [0.2, 0.25) is 0 Å². The molecule has 0 amide bonds. The van der Waals surface area contributed by atoms with Crippen LogP contribution in [0.5, 0.6) is 0 Å². The minimum Gasteiger partial charge on any atom is -0.370 e. The SMILES string of the molecule is NC(=NCC(O)O)NP(=O)(O)O. The molecular formula is C3H10N3O5P. The molecule has 0 aliphatic rings. The van der Waals surface area contributed by atoms with Gasteiger partial charge in [0.05, 0.1) is 6.54 Å². The van der Waals surface area contributed by atoms with Crippen LogP contribution in [-0.2, 0) is 4.57 Å². The van der Waals surface area contributed by atoms with Gasteiger partial charge < -0.3 is 25.7 Å². The first-order chi connectivity index (χ1) is 5.31. The summed E-state index contributed by atoms with van der Waals surface area (Å²) in [6, 6.07) is 0. The Morgan fingerprint density at radius 1 is 1.58 bits per heavy atom. The number of aliphatic hydroxyl groups excluding tert-OH is 1. The second-order valence-electron chi connectivity index (χ2n) is 1.86. The number of guanidine groups is 1. The molecule has 0 saturated carbocycles. The molecule has 0 rings (SSSR count). The molecule has 0 radical (unpaired) electrons. The van der Waals surface area contributed by atoms with Gasteiger partial charge in [0.2, 0.25) is 0 Å². The van der Waals surface area contributed by atoms with E-state index in [9.17, 15) is 4.57 Å². The Labute approximate surface area is 68.0 Å². The minimum atomic E-state index is -4.45. The highest BCUT2D eigenvalue weighted by Gasteiger charge is 2.12. The molecule has 0 heterocycles. The van der Waals surface area contributed by atoms with Crippen molar-refractivity contribution < 1.29 is 24.6 Å². The van der Waals surface area contributed by atoms with Crippen molar-refractivity contribution in [1.29, 1.82) is 0 Å². The fourth-order valence-electron chi connectivity index (χ4n) is 0.365. The average molecular weight is 199 g/mol. The summed E-state index contributed by atoms with van der Waals surface area (Å²) in [6.45, 7) is -0.446. The summed E-state index contributed by atoms with van der Waals surface area (Å²) in [5, 5.41) is 18.1. The van der Waals surface area contributed by atoms with Gasteiger partial charge in [0, 0.05) is 0 Å². The highest BCUT2D eigenvalue weighted by Crippen LogP contribution is 2.27. The number of nitrogens with zero attached hydrogens (tertiary/aromatic N) is 1. The standard InChI is InChI=1S/C3H10N3O5P/c4-3(5-1-2(7)8)6-12(9,10)11/h2,7-8H,1H2,(H5,4,5,6,9,10,11). The molecule has 0 atom stereocenters. The molecule has 0 aliphatic carbocycles. The molecule has 0 aromatic carbocycles. The van der Waals surface area contributed by atoms with Crippen molar-refractivity contribution >= 4 is 13.7 Å². The third kappa shape index (κ3) is 7.45. The normalized spacial score (nSPS) is 13.6. The lowest BCUT2D eigenvalue weighted by molar-refractivity contribution is -0.0305. The Morgan fingerprint density at radius 3 is 2.42 bits per heavy atom. The van der Waals surface area contributed by atoms with Crippen LogP contribution in [-0.4, -0.2) is 38.8 Å². The van der Waals surface area contributed by atoms with Gasteiger partial charge >= 0.3 is 7.75 Å². The molecule has 0 bridgehead atoms. The first-order valence-corrected chi connectivity index (χ1v) is 4.42. The lowest BCUT2D eigenvalue weighted by atomic mass is 10.6. The fourth-order valence-corrected chi connectivity index (χ4v) is 0.734. The Hall–Kier alpha value is -0.660. The molecule has 0 unspecified atom stereocenters. The summed E-state index contributed by atoms with van der Waals surface area (Å²) in [6.07, 6.45) is -1.69. The predicted molar refractivity (Wildman–Crippen MR) is 39.9 cm³/mol. The summed E-state index contributed by atoms with van der Waals surface area (Å²) in [5.41, 5.74) is 4.93. The van der Waals surface area contributed by atoms with Gasteiger partial charge in [-0.3, -0.25) is 5.09 Å². The molecule has 8 nitrogen and oxygen atoms in total. The maximum absolute atomic E-state index is 10.2. The van der Waals surface area contributed by atoms with Crippen molar-refractivity contribution in [2.75, 3.05) is 6.54 Å². The smallest absolute Gasteiger partial charge is 0.370 e. The van der Waals surface area contributed by atoms with E-state index < -0.39 is 26.5 Å². The highest BCUT2D eigenvalue weighted by molar-refractivity contribution is 7.50. The molecule has 0 saturated heterocycles. The van der Waals surface area contributed by atoms with E-state index in [-0.39, 0.29) is 0 Å². The van der Waals surface area contributed by atoms with Crippen molar-refractivity contribution in [2.45, 2.75) is 6.29 Å². The van der Waals surface area contributed by atoms with E-state index >= 15 is 0 Å². The second kappa shape index (κ2) is 4.39. The van der Waals surface area contributed by atoms with Gasteiger partial charge in [-0.05, 0) is 0 Å². The van der Waals surface area contributed by atoms with Crippen LogP contribution in [0.25, 0.3) is 0 Å². The fraction of sp³-hybridized carbons (Fsp3) is 0.667. The topological polar surface area (TPSA) is 148 Å². The maximum atomic E-state index is 10.2. The number of aliphatic imine (C=N–C) groups is 1. The van der Waals surface area contributed by atoms with Crippen LogP contribution in [0.3, 0.4) is 0 Å². The summed E-state index contributed by atoms with van der Waals surface area (Å²) in [5.74, 6) is -0.545. The highest BCUT2D eigenvalue weighted by atomic mass is 31.2. The lowest BCUT2D eigenvalue weighted by Crippen LogP contribution is -2.30. The average Bonchev–Trinajstić information content (AvgIpc) is 1.79. The number of rotatable bonds is 3. The Morgan fingerprint density at radius 2 is 2.08 bits per heavy atom. The molecule has 72 valence electrons. The van der Waals surface area contributed by atoms with E-state index in [4.69, 9.17) is 25.7 Å². The number of nitrogens with two attached hydrogens (primary N) is 1. The molecule has 9 heteroatoms. The van der Waals surface area contributed by atoms with E-state index in [1.54, 1.807) is 5.09 Å². The third-order valence-electron chi connectivity index (χ3n) is 0.685. The second-order valence-corrected chi connectivity index (χ2v) is 3.17. The van der Waals surface area contributed by atoms with Gasteiger partial charge in [0.1, 0.15) is 0 Å². The molecule has 0 spiro atoms. The van der Waals surface area contributed by atoms with Crippen molar-refractivity contribution in [1.82, 2.24) is 5.09 Å². The molecule has 0 aromatic rings. The first kappa shape index (κ1) is 11.3. The summed E-state index contributed by atoms with van der Waals surface area (Å²) >= 11 is 0. The van der Waals surface area contributed by atoms with Crippen LogP contribution >= 0.6 is 7.75 Å². The van der Waals surface area contributed by atoms with Crippen molar-refractivity contribution in [3.05, 3.63) is 0 Å². The Bertz CT molecular complexity index is 210. The zero-order chi connectivity index (χ0) is 9.78. The number of hydrogen-bond acceptors (Lipinski definition) is 4. The molecule has 0 aliphatic heterocycles. The van der Waals surface area contributed by atoms with Gasteiger partial charge in [-0.15, -0.1) is 0 Å². The lowest BCUT2D eigenvalue weighted by Gasteiger charge is -2.06. The van der Waals surface area contributed by atoms with E-state index in [2.05, 4.69) is 4.99 Å². The number of aliphatic hydroxyl groups is 2. The Kier molecular flexibility index (Phi) is 4.15. The van der Waals surface area contributed by atoms with Crippen molar-refractivity contribution in [2.24, 2.45) is 10.7 Å². The van der Waals surface area contributed by atoms with Crippen molar-refractivity contribution in [3.63, 3.8) is 0 Å². The van der Waals surface area contributed by atoms with Gasteiger partial charge in [-0.1, -0.05) is 0 Å². The number of nitrogens with one attached hydrogen (secondary N) is 1. The maximum Gasteiger partial charge on any atom is 0.429 e. The van der Waals surface area contributed by atoms with Crippen LogP contribution in [0, 0.1) is 0 Å². The quantitative estimate of drug-likeness (QED) is 0.125. The van der Waals surface area contributed by atoms with Crippen LogP contribution in [0.1, 0.15) is 0 Å². The van der Waals surface area contributed by atoms with E-state index in [0.29, 0.717) is 0 Å². The van der Waals surface area contributed by atoms with Crippen LogP contribution in [0.15, 0.2) is 4.99 Å².